The number of carbonyl (C=O) groups is 1. The van der Waals surface area contributed by atoms with Crippen LogP contribution in [0.3, 0.4) is 0 Å². The Balaban J connectivity index is 1.77. The third-order valence-corrected chi connectivity index (χ3v) is 5.58. The van der Waals surface area contributed by atoms with Gasteiger partial charge in [0.05, 0.1) is 16.8 Å². The molecule has 0 radical (unpaired) electrons. The van der Waals surface area contributed by atoms with Crippen molar-refractivity contribution in [2.24, 2.45) is 0 Å². The fourth-order valence-electron chi connectivity index (χ4n) is 2.83. The Morgan fingerprint density at radius 2 is 2.04 bits per heavy atom. The van der Waals surface area contributed by atoms with E-state index in [9.17, 15) is 10.1 Å². The number of carbonyl (C=O) groups excluding carboxylic acids is 1. The molecule has 0 unspecified atom stereocenters. The summed E-state index contributed by atoms with van der Waals surface area (Å²) in [7, 11) is 0. The maximum absolute atomic E-state index is 12.4. The predicted molar refractivity (Wildman–Crippen MR) is 111 cm³/mol. The number of anilines is 1. The number of rotatable bonds is 5. The number of fused-ring (bicyclic) bond motifs is 1. The van der Waals surface area contributed by atoms with Gasteiger partial charge in [-0.15, -0.1) is 0 Å². The largest absolute Gasteiger partial charge is 0.325 e. The van der Waals surface area contributed by atoms with Gasteiger partial charge in [-0.25, -0.2) is 4.98 Å². The van der Waals surface area contributed by atoms with Gasteiger partial charge in [0.15, 0.2) is 0 Å². The number of benzene rings is 2. The molecule has 0 aliphatic carbocycles. The molecule has 3 rings (SSSR count). The third kappa shape index (κ3) is 4.29. The second kappa shape index (κ2) is 8.24. The van der Waals surface area contributed by atoms with Crippen molar-refractivity contribution >= 4 is 34.3 Å². The summed E-state index contributed by atoms with van der Waals surface area (Å²) in [4.78, 5) is 16.9. The summed E-state index contributed by atoms with van der Waals surface area (Å²) in [5.41, 5.74) is 5.56. The molecule has 4 nitrogen and oxygen atoms in total. The SMILES string of the molecule is CCc1ccc2nc(SCC(=O)Nc3cccc(C)c3C)c(C#N)cc2c1. The summed E-state index contributed by atoms with van der Waals surface area (Å²) in [5.74, 6) is 0.0916. The van der Waals surface area contributed by atoms with E-state index < -0.39 is 0 Å². The van der Waals surface area contributed by atoms with Gasteiger partial charge in [0.2, 0.25) is 5.91 Å². The smallest absolute Gasteiger partial charge is 0.234 e. The lowest BCUT2D eigenvalue weighted by atomic mass is 10.1. The summed E-state index contributed by atoms with van der Waals surface area (Å²) < 4.78 is 0. The number of nitrogens with one attached hydrogen (secondary N) is 1. The van der Waals surface area contributed by atoms with Crippen LogP contribution >= 0.6 is 11.8 Å². The number of nitriles is 1. The Bertz CT molecular complexity index is 1050. The van der Waals surface area contributed by atoms with Crippen LogP contribution in [-0.4, -0.2) is 16.6 Å². The molecule has 0 aliphatic heterocycles. The molecule has 1 aromatic heterocycles. The van der Waals surface area contributed by atoms with Crippen LogP contribution in [0.25, 0.3) is 10.9 Å². The molecule has 0 saturated heterocycles. The molecule has 0 fully saturated rings. The van der Waals surface area contributed by atoms with Gasteiger partial charge in [-0.05, 0) is 61.2 Å². The van der Waals surface area contributed by atoms with Crippen molar-refractivity contribution in [2.75, 3.05) is 11.1 Å². The predicted octanol–water partition coefficient (Wildman–Crippen LogP) is 5.02. The molecule has 0 aliphatic rings. The van der Waals surface area contributed by atoms with Crippen molar-refractivity contribution in [1.29, 1.82) is 5.26 Å². The van der Waals surface area contributed by atoms with Gasteiger partial charge in [0.25, 0.3) is 0 Å². The first-order valence-corrected chi connectivity index (χ1v) is 9.83. The Kier molecular flexibility index (Phi) is 5.78. The number of hydrogen-bond acceptors (Lipinski definition) is 4. The van der Waals surface area contributed by atoms with Crippen molar-refractivity contribution in [3.63, 3.8) is 0 Å². The monoisotopic (exact) mass is 375 g/mol. The molecule has 3 aromatic rings. The second-order valence-electron chi connectivity index (χ2n) is 6.42. The maximum Gasteiger partial charge on any atom is 0.234 e. The van der Waals surface area contributed by atoms with Gasteiger partial charge in [-0.1, -0.05) is 36.9 Å². The average Bonchev–Trinajstić information content (AvgIpc) is 2.68. The van der Waals surface area contributed by atoms with Crippen LogP contribution in [0.15, 0.2) is 47.5 Å². The summed E-state index contributed by atoms with van der Waals surface area (Å²) in [5, 5.41) is 14.0. The zero-order valence-corrected chi connectivity index (χ0v) is 16.5. The highest BCUT2D eigenvalue weighted by Gasteiger charge is 2.12. The molecule has 1 amide bonds. The van der Waals surface area contributed by atoms with Crippen LogP contribution in [0.1, 0.15) is 29.2 Å². The number of amides is 1. The van der Waals surface area contributed by atoms with E-state index >= 15 is 0 Å². The molecule has 1 N–H and O–H groups in total. The van der Waals surface area contributed by atoms with Crippen molar-refractivity contribution in [3.05, 3.63) is 64.7 Å². The summed E-state index contributed by atoms with van der Waals surface area (Å²) in [6.07, 6.45) is 0.937. The third-order valence-electron chi connectivity index (χ3n) is 4.59. The Hall–Kier alpha value is -2.84. The lowest BCUT2D eigenvalue weighted by molar-refractivity contribution is -0.113. The number of aryl methyl sites for hydroxylation is 2. The Morgan fingerprint density at radius 3 is 2.78 bits per heavy atom. The standard InChI is InChI=1S/C22H21N3OS/c1-4-16-8-9-20-17(10-16)11-18(12-23)22(25-20)27-13-21(26)24-19-7-5-6-14(2)15(19)3/h5-11H,4,13H2,1-3H3,(H,24,26). The minimum absolute atomic E-state index is 0.110. The van der Waals surface area contributed by atoms with Crippen molar-refractivity contribution in [1.82, 2.24) is 4.98 Å². The molecule has 27 heavy (non-hydrogen) atoms. The normalized spacial score (nSPS) is 10.6. The van der Waals surface area contributed by atoms with Crippen LogP contribution in [0, 0.1) is 25.2 Å². The van der Waals surface area contributed by atoms with Crippen LogP contribution in [0.5, 0.6) is 0 Å². The van der Waals surface area contributed by atoms with Crippen LogP contribution in [0.2, 0.25) is 0 Å². The lowest BCUT2D eigenvalue weighted by Crippen LogP contribution is -2.15. The van der Waals surface area contributed by atoms with Crippen LogP contribution in [-0.2, 0) is 11.2 Å². The maximum atomic E-state index is 12.4. The fraction of sp³-hybridized carbons (Fsp3) is 0.227. The quantitative estimate of drug-likeness (QED) is 0.636. The average molecular weight is 375 g/mol. The van der Waals surface area contributed by atoms with Gasteiger partial charge >= 0.3 is 0 Å². The molecule has 5 heteroatoms. The Morgan fingerprint density at radius 1 is 1.22 bits per heavy atom. The molecule has 0 bridgehead atoms. The van der Waals surface area contributed by atoms with Crippen LogP contribution < -0.4 is 5.32 Å². The number of pyridine rings is 1. The van der Waals surface area contributed by atoms with E-state index in [0.29, 0.717) is 10.6 Å². The summed E-state index contributed by atoms with van der Waals surface area (Å²) in [6.45, 7) is 6.10. The fourth-order valence-corrected chi connectivity index (χ4v) is 3.59. The molecule has 1 heterocycles. The highest BCUT2D eigenvalue weighted by molar-refractivity contribution is 8.00. The van der Waals surface area contributed by atoms with Crippen molar-refractivity contribution in [3.8, 4) is 6.07 Å². The minimum atomic E-state index is -0.110. The number of nitrogens with zero attached hydrogens (tertiary/aromatic N) is 2. The van der Waals surface area contributed by atoms with Crippen molar-refractivity contribution < 1.29 is 4.79 Å². The van der Waals surface area contributed by atoms with Crippen LogP contribution in [0.4, 0.5) is 5.69 Å². The molecule has 0 saturated carbocycles. The number of aromatic nitrogens is 1. The van der Waals surface area contributed by atoms with E-state index in [2.05, 4.69) is 29.4 Å². The van der Waals surface area contributed by atoms with Gasteiger partial charge < -0.3 is 5.32 Å². The lowest BCUT2D eigenvalue weighted by Gasteiger charge is -2.10. The molecular weight excluding hydrogens is 354 g/mol. The van der Waals surface area contributed by atoms with Gasteiger partial charge in [-0.2, -0.15) is 5.26 Å². The van der Waals surface area contributed by atoms with Crippen molar-refractivity contribution in [2.45, 2.75) is 32.2 Å². The van der Waals surface area contributed by atoms with E-state index in [-0.39, 0.29) is 11.7 Å². The molecule has 0 spiro atoms. The molecular formula is C22H21N3OS. The summed E-state index contributed by atoms with van der Waals surface area (Å²) >= 11 is 1.29. The van der Waals surface area contributed by atoms with E-state index in [1.165, 1.54) is 17.3 Å². The first kappa shape index (κ1) is 18.9. The minimum Gasteiger partial charge on any atom is -0.325 e. The first-order valence-electron chi connectivity index (χ1n) is 8.84. The molecule has 0 atom stereocenters. The second-order valence-corrected chi connectivity index (χ2v) is 7.38. The molecule has 136 valence electrons. The number of hydrogen-bond donors (Lipinski definition) is 1. The molecule has 2 aromatic carbocycles. The number of thioether (sulfide) groups is 1. The van der Waals surface area contributed by atoms with Gasteiger partial charge in [0.1, 0.15) is 11.1 Å². The van der Waals surface area contributed by atoms with E-state index in [1.807, 2.05) is 50.2 Å². The van der Waals surface area contributed by atoms with E-state index in [4.69, 9.17) is 0 Å². The highest BCUT2D eigenvalue weighted by atomic mass is 32.2. The van der Waals surface area contributed by atoms with E-state index in [1.54, 1.807) is 0 Å². The Labute approximate surface area is 163 Å². The van der Waals surface area contributed by atoms with Gasteiger partial charge in [0, 0.05) is 11.1 Å². The highest BCUT2D eigenvalue weighted by Crippen LogP contribution is 2.26. The van der Waals surface area contributed by atoms with E-state index in [0.717, 1.165) is 34.1 Å². The summed E-state index contributed by atoms with van der Waals surface area (Å²) in [6, 6.07) is 16.0. The van der Waals surface area contributed by atoms with Gasteiger partial charge in [-0.3, -0.25) is 4.79 Å². The zero-order valence-electron chi connectivity index (χ0n) is 15.7. The first-order chi connectivity index (χ1) is 13.0. The topological polar surface area (TPSA) is 65.8 Å². The zero-order chi connectivity index (χ0) is 19.4.